The lowest BCUT2D eigenvalue weighted by molar-refractivity contribution is -0.144. The Morgan fingerprint density at radius 2 is 1.51 bits per heavy atom. The summed E-state index contributed by atoms with van der Waals surface area (Å²) >= 11 is 0. The standard InChI is InChI=1S/C28H41N9O10/c29-16(12-21(30)39)26(45)37-10-2-4-20(37)25(44)36-19(13-22(40)41)24(43)35-18(11-14-5-7-15(38)8-6-14)23(42)34-17(27(46)47)3-1-9-33-28(31)32/h5-8,16-20,38H,1-4,9-13,29H2,(H2,30,39)(H,34,42)(H,35,43)(H,36,44)(H,40,41)(H,46,47)(H4,31,32,33)/t16-,17-,18-,19-,20-/m0/s1. The summed E-state index contributed by atoms with van der Waals surface area (Å²) in [6.45, 7) is 0.206. The van der Waals surface area contributed by atoms with Gasteiger partial charge >= 0.3 is 11.9 Å². The molecule has 1 saturated heterocycles. The molecule has 1 aliphatic rings. The van der Waals surface area contributed by atoms with Crippen molar-refractivity contribution in [2.75, 3.05) is 13.1 Å². The lowest BCUT2D eigenvalue weighted by Gasteiger charge is -2.28. The lowest BCUT2D eigenvalue weighted by atomic mass is 10.0. The number of rotatable bonds is 18. The third kappa shape index (κ3) is 12.5. The third-order valence-corrected chi connectivity index (χ3v) is 7.16. The second kappa shape index (κ2) is 17.9. The van der Waals surface area contributed by atoms with E-state index in [4.69, 9.17) is 22.9 Å². The van der Waals surface area contributed by atoms with E-state index < -0.39 is 84.5 Å². The number of guanidine groups is 1. The maximum absolute atomic E-state index is 13.4. The van der Waals surface area contributed by atoms with Gasteiger partial charge in [-0.3, -0.25) is 33.8 Å². The van der Waals surface area contributed by atoms with Crippen molar-refractivity contribution in [3.8, 4) is 5.75 Å². The maximum Gasteiger partial charge on any atom is 0.326 e. The predicted molar refractivity (Wildman–Crippen MR) is 164 cm³/mol. The highest BCUT2D eigenvalue weighted by molar-refractivity contribution is 5.97. The highest BCUT2D eigenvalue weighted by Crippen LogP contribution is 2.19. The number of nitrogens with two attached hydrogens (primary N) is 4. The molecule has 19 heteroatoms. The van der Waals surface area contributed by atoms with Gasteiger partial charge in [-0.2, -0.15) is 0 Å². The van der Waals surface area contributed by atoms with Crippen molar-refractivity contribution in [1.29, 1.82) is 0 Å². The number of likely N-dealkylation sites (tertiary alicyclic amines) is 1. The van der Waals surface area contributed by atoms with E-state index in [1.807, 2.05) is 0 Å². The van der Waals surface area contributed by atoms with Gasteiger partial charge in [0, 0.05) is 19.5 Å². The van der Waals surface area contributed by atoms with Crippen molar-refractivity contribution in [3.63, 3.8) is 0 Å². The molecular formula is C28H41N9O10. The molecule has 5 atom stereocenters. The van der Waals surface area contributed by atoms with E-state index >= 15 is 0 Å². The number of nitrogens with one attached hydrogen (secondary N) is 3. The molecule has 0 spiro atoms. The first kappa shape index (κ1) is 37.7. The zero-order chi connectivity index (χ0) is 35.3. The minimum atomic E-state index is -1.72. The number of carboxylic acids is 2. The molecule has 5 amide bonds. The van der Waals surface area contributed by atoms with Crippen LogP contribution in [0.1, 0.15) is 44.1 Å². The van der Waals surface area contributed by atoms with E-state index in [2.05, 4.69) is 20.9 Å². The van der Waals surface area contributed by atoms with Gasteiger partial charge in [0.25, 0.3) is 0 Å². The molecule has 0 aromatic heterocycles. The summed E-state index contributed by atoms with van der Waals surface area (Å²) < 4.78 is 0. The molecule has 1 fully saturated rings. The minimum Gasteiger partial charge on any atom is -0.508 e. The van der Waals surface area contributed by atoms with Gasteiger partial charge in [0.15, 0.2) is 5.96 Å². The number of nitrogens with zero attached hydrogens (tertiary/aromatic N) is 2. The third-order valence-electron chi connectivity index (χ3n) is 7.16. The molecule has 19 nitrogen and oxygen atoms in total. The van der Waals surface area contributed by atoms with Gasteiger partial charge < -0.3 is 59.1 Å². The van der Waals surface area contributed by atoms with Crippen LogP contribution in [-0.2, 0) is 40.0 Å². The van der Waals surface area contributed by atoms with Gasteiger partial charge in [0.05, 0.1) is 18.9 Å². The van der Waals surface area contributed by atoms with E-state index in [1.165, 1.54) is 24.3 Å². The Hall–Kier alpha value is -5.46. The molecule has 1 aromatic carbocycles. The normalized spacial score (nSPS) is 16.5. The Morgan fingerprint density at radius 1 is 0.894 bits per heavy atom. The van der Waals surface area contributed by atoms with Crippen molar-refractivity contribution in [2.45, 2.75) is 75.2 Å². The number of aliphatic imine (C=N–C) groups is 1. The number of carbonyl (C=O) groups is 7. The van der Waals surface area contributed by atoms with E-state index in [0.717, 1.165) is 4.90 Å². The molecule has 1 aromatic rings. The van der Waals surface area contributed by atoms with Crippen molar-refractivity contribution < 1.29 is 48.9 Å². The second-order valence-electron chi connectivity index (χ2n) is 10.9. The first-order valence-corrected chi connectivity index (χ1v) is 14.6. The van der Waals surface area contributed by atoms with Crippen LogP contribution in [0, 0.1) is 0 Å². The number of hydrogen-bond donors (Lipinski definition) is 10. The summed E-state index contributed by atoms with van der Waals surface area (Å²) in [6.07, 6.45) is -0.927. The van der Waals surface area contributed by atoms with Crippen LogP contribution in [0.25, 0.3) is 0 Å². The first-order chi connectivity index (χ1) is 22.1. The van der Waals surface area contributed by atoms with Crippen LogP contribution in [0.3, 0.4) is 0 Å². The van der Waals surface area contributed by atoms with Gasteiger partial charge in [-0.25, -0.2) is 4.79 Å². The Bertz CT molecular complexity index is 1350. The molecule has 0 aliphatic carbocycles. The SMILES string of the molecule is NC(=O)C[C@H](N)C(=O)N1CCC[C@H]1C(=O)N[C@@H](CC(=O)O)C(=O)N[C@@H](Cc1ccc(O)cc1)C(=O)N[C@@H](CCCN=C(N)N)C(=O)O. The van der Waals surface area contributed by atoms with Crippen LogP contribution in [-0.4, -0.2) is 111 Å². The van der Waals surface area contributed by atoms with Crippen molar-refractivity contribution in [2.24, 2.45) is 27.9 Å². The summed E-state index contributed by atoms with van der Waals surface area (Å²) in [7, 11) is 0. The second-order valence-corrected chi connectivity index (χ2v) is 10.9. The summed E-state index contributed by atoms with van der Waals surface area (Å²) in [5.41, 5.74) is 21.9. The van der Waals surface area contributed by atoms with Crippen LogP contribution in [0.2, 0.25) is 0 Å². The number of aliphatic carboxylic acids is 2. The first-order valence-electron chi connectivity index (χ1n) is 14.6. The van der Waals surface area contributed by atoms with E-state index in [0.29, 0.717) is 12.0 Å². The van der Waals surface area contributed by atoms with Crippen LogP contribution in [0.5, 0.6) is 5.75 Å². The molecule has 1 aliphatic heterocycles. The number of phenols is 1. The Kier molecular flexibility index (Phi) is 14.4. The average molecular weight is 664 g/mol. The van der Waals surface area contributed by atoms with Crippen LogP contribution >= 0.6 is 0 Å². The molecule has 2 rings (SSSR count). The lowest BCUT2D eigenvalue weighted by Crippen LogP contribution is -2.59. The number of aromatic hydroxyl groups is 1. The predicted octanol–water partition coefficient (Wildman–Crippen LogP) is -3.80. The monoisotopic (exact) mass is 663 g/mol. The molecule has 258 valence electrons. The molecule has 1 heterocycles. The summed E-state index contributed by atoms with van der Waals surface area (Å²) in [4.78, 5) is 92.4. The van der Waals surface area contributed by atoms with Crippen molar-refractivity contribution in [1.82, 2.24) is 20.9 Å². The Labute approximate surface area is 269 Å². The topological polar surface area (TPSA) is 336 Å². The van der Waals surface area contributed by atoms with Gasteiger partial charge in [-0.05, 0) is 43.4 Å². The average Bonchev–Trinajstić information content (AvgIpc) is 3.48. The zero-order valence-electron chi connectivity index (χ0n) is 25.5. The van der Waals surface area contributed by atoms with E-state index in [9.17, 15) is 48.9 Å². The van der Waals surface area contributed by atoms with Gasteiger partial charge in [0.2, 0.25) is 29.5 Å². The number of amides is 5. The molecule has 0 bridgehead atoms. The number of phenolic OH excluding ortho intramolecular Hbond substituents is 1. The van der Waals surface area contributed by atoms with Crippen molar-refractivity contribution >= 4 is 47.4 Å². The fraction of sp³-hybridized carbons (Fsp3) is 0.500. The van der Waals surface area contributed by atoms with Gasteiger partial charge in [-0.1, -0.05) is 12.1 Å². The maximum atomic E-state index is 13.4. The highest BCUT2D eigenvalue weighted by Gasteiger charge is 2.39. The van der Waals surface area contributed by atoms with Crippen LogP contribution in [0.4, 0.5) is 0 Å². The number of hydrogen-bond acceptors (Lipinski definition) is 10. The molecule has 47 heavy (non-hydrogen) atoms. The van der Waals surface area contributed by atoms with Crippen molar-refractivity contribution in [3.05, 3.63) is 29.8 Å². The number of carbonyl (C=O) groups excluding carboxylic acids is 5. The molecular weight excluding hydrogens is 622 g/mol. The Morgan fingerprint density at radius 3 is 2.09 bits per heavy atom. The van der Waals surface area contributed by atoms with Crippen LogP contribution in [0.15, 0.2) is 29.3 Å². The van der Waals surface area contributed by atoms with Crippen LogP contribution < -0.4 is 38.9 Å². The number of primary amides is 1. The van der Waals surface area contributed by atoms with Gasteiger partial charge in [0.1, 0.15) is 29.9 Å². The molecule has 14 N–H and O–H groups in total. The largest absolute Gasteiger partial charge is 0.508 e. The summed E-state index contributed by atoms with van der Waals surface area (Å²) in [5, 5.41) is 35.8. The summed E-state index contributed by atoms with van der Waals surface area (Å²) in [6, 6.07) is -1.46. The molecule has 0 radical (unpaired) electrons. The Balaban J connectivity index is 2.26. The van der Waals surface area contributed by atoms with E-state index in [1.54, 1.807) is 0 Å². The smallest absolute Gasteiger partial charge is 0.326 e. The minimum absolute atomic E-state index is 0.0743. The highest BCUT2D eigenvalue weighted by atomic mass is 16.4. The molecule has 0 unspecified atom stereocenters. The quantitative estimate of drug-likeness (QED) is 0.0410. The van der Waals surface area contributed by atoms with Gasteiger partial charge in [-0.15, -0.1) is 0 Å². The van der Waals surface area contributed by atoms with E-state index in [-0.39, 0.29) is 50.5 Å². The zero-order valence-corrected chi connectivity index (χ0v) is 25.5. The molecule has 0 saturated carbocycles. The summed E-state index contributed by atoms with van der Waals surface area (Å²) in [5.74, 6) is -7.55. The fourth-order valence-corrected chi connectivity index (χ4v) is 4.85. The fourth-order valence-electron chi connectivity index (χ4n) is 4.85. The number of carboxylic acid groups (broad SMARTS) is 2. The number of benzene rings is 1.